The lowest BCUT2D eigenvalue weighted by Crippen LogP contribution is -2.09. The van der Waals surface area contributed by atoms with Crippen molar-refractivity contribution >= 4 is 17.2 Å². The van der Waals surface area contributed by atoms with E-state index >= 15 is 0 Å². The molecule has 1 rings (SSSR count). The van der Waals surface area contributed by atoms with Gasteiger partial charge in [-0.25, -0.2) is 0 Å². The molecular formula is C14H18ClN. The molecule has 0 radical (unpaired) electrons. The Morgan fingerprint density at radius 3 is 2.12 bits per heavy atom. The molecule has 1 aromatic carbocycles. The molecule has 0 spiro atoms. The molecular weight excluding hydrogens is 218 g/mol. The Kier molecular flexibility index (Phi) is 3.82. The van der Waals surface area contributed by atoms with E-state index in [-0.39, 0.29) is 5.41 Å². The van der Waals surface area contributed by atoms with Crippen LogP contribution < -0.4 is 5.73 Å². The maximum atomic E-state index is 5.87. The normalized spacial score (nSPS) is 12.6. The highest BCUT2D eigenvalue weighted by molar-refractivity contribution is 6.30. The minimum atomic E-state index is 0.0239. The highest BCUT2D eigenvalue weighted by Gasteiger charge is 2.18. The SMILES string of the molecule is C=C(N)/C=C(/c1ccc(Cl)cc1)C(C)(C)C. The number of hydrogen-bond donors (Lipinski definition) is 1. The predicted molar refractivity (Wildman–Crippen MR) is 72.2 cm³/mol. The van der Waals surface area contributed by atoms with Gasteiger partial charge in [-0.1, -0.05) is 51.1 Å². The molecule has 0 aliphatic carbocycles. The molecule has 0 fully saturated rings. The van der Waals surface area contributed by atoms with Gasteiger partial charge in [0.05, 0.1) is 0 Å². The summed E-state index contributed by atoms with van der Waals surface area (Å²) in [7, 11) is 0. The standard InChI is InChI=1S/C14H18ClN/c1-10(16)9-13(14(2,3)4)11-5-7-12(15)8-6-11/h5-9H,1,16H2,2-4H3/b13-9-. The average Bonchev–Trinajstić information content (AvgIpc) is 2.14. The quantitative estimate of drug-likeness (QED) is 0.763. The second-order valence-corrected chi connectivity index (χ2v) is 5.33. The van der Waals surface area contributed by atoms with E-state index < -0.39 is 0 Å². The van der Waals surface area contributed by atoms with Crippen LogP contribution in [0.5, 0.6) is 0 Å². The Morgan fingerprint density at radius 2 is 1.75 bits per heavy atom. The van der Waals surface area contributed by atoms with Gasteiger partial charge in [-0.05, 0) is 34.8 Å². The third-order valence-corrected chi connectivity index (χ3v) is 2.54. The maximum Gasteiger partial charge on any atom is 0.0406 e. The molecule has 0 bridgehead atoms. The summed E-state index contributed by atoms with van der Waals surface area (Å²) in [6.45, 7) is 10.2. The summed E-state index contributed by atoms with van der Waals surface area (Å²) in [5.41, 5.74) is 8.55. The van der Waals surface area contributed by atoms with Crippen LogP contribution >= 0.6 is 11.6 Å². The Labute approximate surface area is 103 Å². The van der Waals surface area contributed by atoms with Crippen LogP contribution in [0.15, 0.2) is 42.6 Å². The first-order valence-corrected chi connectivity index (χ1v) is 5.61. The topological polar surface area (TPSA) is 26.0 Å². The van der Waals surface area contributed by atoms with Crippen LogP contribution in [0.1, 0.15) is 26.3 Å². The summed E-state index contributed by atoms with van der Waals surface area (Å²) in [5, 5.41) is 0.739. The monoisotopic (exact) mass is 235 g/mol. The van der Waals surface area contributed by atoms with Crippen molar-refractivity contribution in [3.63, 3.8) is 0 Å². The van der Waals surface area contributed by atoms with Crippen molar-refractivity contribution in [3.05, 3.63) is 53.2 Å². The number of benzene rings is 1. The van der Waals surface area contributed by atoms with Crippen molar-refractivity contribution in [1.82, 2.24) is 0 Å². The first-order chi connectivity index (χ1) is 7.30. The summed E-state index contributed by atoms with van der Waals surface area (Å²) in [6, 6.07) is 7.77. The number of allylic oxidation sites excluding steroid dienone is 2. The average molecular weight is 236 g/mol. The third-order valence-electron chi connectivity index (χ3n) is 2.29. The number of hydrogen-bond acceptors (Lipinski definition) is 1. The lowest BCUT2D eigenvalue weighted by molar-refractivity contribution is 0.566. The van der Waals surface area contributed by atoms with Gasteiger partial charge in [0.1, 0.15) is 0 Å². The molecule has 0 aliphatic rings. The fourth-order valence-corrected chi connectivity index (χ4v) is 1.67. The first-order valence-electron chi connectivity index (χ1n) is 5.23. The van der Waals surface area contributed by atoms with Gasteiger partial charge in [0, 0.05) is 10.7 Å². The van der Waals surface area contributed by atoms with Crippen LogP contribution in [0, 0.1) is 5.41 Å². The van der Waals surface area contributed by atoms with Crippen LogP contribution in [0.4, 0.5) is 0 Å². The van der Waals surface area contributed by atoms with E-state index in [0.29, 0.717) is 5.70 Å². The zero-order chi connectivity index (χ0) is 12.3. The number of nitrogens with two attached hydrogens (primary N) is 1. The van der Waals surface area contributed by atoms with Crippen molar-refractivity contribution < 1.29 is 0 Å². The van der Waals surface area contributed by atoms with Crippen molar-refractivity contribution in [3.8, 4) is 0 Å². The Morgan fingerprint density at radius 1 is 1.25 bits per heavy atom. The van der Waals surface area contributed by atoms with Crippen molar-refractivity contribution in [2.45, 2.75) is 20.8 Å². The van der Waals surface area contributed by atoms with Crippen LogP contribution in [0.3, 0.4) is 0 Å². The predicted octanol–water partition coefficient (Wildman–Crippen LogP) is 4.24. The molecule has 0 saturated carbocycles. The molecule has 0 heterocycles. The molecule has 86 valence electrons. The highest BCUT2D eigenvalue weighted by atomic mass is 35.5. The first kappa shape index (κ1) is 12.9. The van der Waals surface area contributed by atoms with Crippen molar-refractivity contribution in [1.29, 1.82) is 0 Å². The van der Waals surface area contributed by atoms with E-state index in [1.165, 1.54) is 0 Å². The van der Waals surface area contributed by atoms with Gasteiger partial charge in [0.15, 0.2) is 0 Å². The van der Waals surface area contributed by atoms with E-state index in [1.54, 1.807) is 0 Å². The van der Waals surface area contributed by atoms with E-state index in [4.69, 9.17) is 17.3 Å². The highest BCUT2D eigenvalue weighted by Crippen LogP contribution is 2.34. The molecule has 16 heavy (non-hydrogen) atoms. The molecule has 0 amide bonds. The largest absolute Gasteiger partial charge is 0.399 e. The maximum absolute atomic E-state index is 5.87. The van der Waals surface area contributed by atoms with Gasteiger partial charge >= 0.3 is 0 Å². The number of halogens is 1. The molecule has 0 atom stereocenters. The fraction of sp³-hybridized carbons (Fsp3) is 0.286. The summed E-state index contributed by atoms with van der Waals surface area (Å²) in [4.78, 5) is 0. The second kappa shape index (κ2) is 4.75. The van der Waals surface area contributed by atoms with Gasteiger partial charge in [-0.15, -0.1) is 0 Å². The molecule has 1 aromatic rings. The summed E-state index contributed by atoms with van der Waals surface area (Å²) in [6.07, 6.45) is 1.92. The van der Waals surface area contributed by atoms with Crippen LogP contribution in [-0.2, 0) is 0 Å². The Bertz CT molecular complexity index is 407. The van der Waals surface area contributed by atoms with E-state index in [1.807, 2.05) is 30.3 Å². The lowest BCUT2D eigenvalue weighted by Gasteiger charge is -2.23. The summed E-state index contributed by atoms with van der Waals surface area (Å²) < 4.78 is 0. The summed E-state index contributed by atoms with van der Waals surface area (Å²) >= 11 is 5.87. The molecule has 2 heteroatoms. The molecule has 0 aromatic heterocycles. The molecule has 2 N–H and O–H groups in total. The van der Waals surface area contributed by atoms with Gasteiger partial charge in [-0.3, -0.25) is 0 Å². The van der Waals surface area contributed by atoms with Crippen LogP contribution in [0.25, 0.3) is 5.57 Å². The van der Waals surface area contributed by atoms with Gasteiger partial charge in [0.2, 0.25) is 0 Å². The van der Waals surface area contributed by atoms with Crippen LogP contribution in [-0.4, -0.2) is 0 Å². The van der Waals surface area contributed by atoms with Crippen LogP contribution in [0.2, 0.25) is 5.02 Å². The minimum Gasteiger partial charge on any atom is -0.399 e. The second-order valence-electron chi connectivity index (χ2n) is 4.89. The van der Waals surface area contributed by atoms with E-state index in [0.717, 1.165) is 16.2 Å². The third kappa shape index (κ3) is 3.42. The van der Waals surface area contributed by atoms with Gasteiger partial charge in [0.25, 0.3) is 0 Å². The molecule has 0 unspecified atom stereocenters. The fourth-order valence-electron chi connectivity index (χ4n) is 1.55. The summed E-state index contributed by atoms with van der Waals surface area (Å²) in [5.74, 6) is 0. The van der Waals surface area contributed by atoms with Crippen molar-refractivity contribution in [2.75, 3.05) is 0 Å². The van der Waals surface area contributed by atoms with E-state index in [2.05, 4.69) is 27.4 Å². The van der Waals surface area contributed by atoms with Crippen molar-refractivity contribution in [2.24, 2.45) is 11.1 Å². The Hall–Kier alpha value is -1.21. The van der Waals surface area contributed by atoms with Gasteiger partial charge in [-0.2, -0.15) is 0 Å². The lowest BCUT2D eigenvalue weighted by atomic mass is 9.81. The van der Waals surface area contributed by atoms with E-state index in [9.17, 15) is 0 Å². The molecule has 1 nitrogen and oxygen atoms in total. The number of rotatable bonds is 2. The Balaban J connectivity index is 3.23. The van der Waals surface area contributed by atoms with Gasteiger partial charge < -0.3 is 5.73 Å². The zero-order valence-corrected chi connectivity index (χ0v) is 10.8. The molecule has 0 aliphatic heterocycles. The molecule has 0 saturated heterocycles. The zero-order valence-electron chi connectivity index (χ0n) is 10.0. The smallest absolute Gasteiger partial charge is 0.0406 e. The minimum absolute atomic E-state index is 0.0239.